The van der Waals surface area contributed by atoms with E-state index in [0.717, 1.165) is 0 Å². The summed E-state index contributed by atoms with van der Waals surface area (Å²) in [5.41, 5.74) is 0. The van der Waals surface area contributed by atoms with E-state index in [1.807, 2.05) is 0 Å². The Morgan fingerprint density at radius 1 is 0.389 bits per heavy atom. The van der Waals surface area contributed by atoms with Crippen molar-refractivity contribution in [2.45, 2.75) is 77.0 Å². The summed E-state index contributed by atoms with van der Waals surface area (Å²) >= 11 is 0. The monoisotopic (exact) mass is 374 g/mol. The normalized spacial score (nSPS) is 23.1. The van der Waals surface area contributed by atoms with Crippen molar-refractivity contribution in [2.75, 3.05) is 0 Å². The summed E-state index contributed by atoms with van der Waals surface area (Å²) < 4.78 is 0. The van der Waals surface area contributed by atoms with Crippen molar-refractivity contribution >= 4 is 38.3 Å². The van der Waals surface area contributed by atoms with Gasteiger partial charge in [0, 0.05) is 0 Å². The molecule has 0 saturated heterocycles. The Bertz CT molecular complexity index is 157. The van der Waals surface area contributed by atoms with Crippen LogP contribution in [0.4, 0.5) is 0 Å². The van der Waals surface area contributed by atoms with Crippen molar-refractivity contribution in [3.8, 4) is 0 Å². The minimum atomic E-state index is 0. The summed E-state index contributed by atoms with van der Waals surface area (Å²) in [5, 5.41) is 0. The van der Waals surface area contributed by atoms with Crippen molar-refractivity contribution in [1.82, 2.24) is 0 Å². The van der Waals surface area contributed by atoms with Crippen molar-refractivity contribution in [3.63, 3.8) is 0 Å². The van der Waals surface area contributed by atoms with Crippen LogP contribution in [0.3, 0.4) is 0 Å². The molecular weight excluding hydrogens is 342 g/mol. The van der Waals surface area contributed by atoms with Gasteiger partial charge in [-0.05, 0) is 51.4 Å². The molecule has 0 amide bonds. The van der Waals surface area contributed by atoms with Crippen molar-refractivity contribution in [3.05, 3.63) is 24.3 Å². The first-order chi connectivity index (χ1) is 8.00. The van der Waals surface area contributed by atoms with Gasteiger partial charge in [0.1, 0.15) is 0 Å². The molecule has 2 aliphatic rings. The molecule has 0 aliphatic heterocycles. The molecule has 0 aromatic carbocycles. The van der Waals surface area contributed by atoms with E-state index >= 15 is 0 Å². The predicted octanol–water partition coefficient (Wildman–Crippen LogP) is 5.03. The Morgan fingerprint density at radius 2 is 0.611 bits per heavy atom. The van der Waals surface area contributed by atoms with Crippen LogP contribution in [0.15, 0.2) is 24.3 Å². The zero-order valence-corrected chi connectivity index (χ0v) is 12.0. The zero-order chi connectivity index (χ0) is 11.3. The van der Waals surface area contributed by atoms with Crippen LogP contribution in [0, 0.1) is 0 Å². The van der Waals surface area contributed by atoms with Gasteiger partial charge in [0.15, 0.2) is 0 Å². The van der Waals surface area contributed by atoms with Crippen LogP contribution in [-0.2, 0) is 0 Å². The Kier molecular flexibility index (Phi) is 20.5. The van der Waals surface area contributed by atoms with Gasteiger partial charge in [-0.25, -0.2) is 0 Å². The predicted molar refractivity (Wildman–Crippen MR) is 90.9 cm³/mol. The molecule has 0 heterocycles. The van der Waals surface area contributed by atoms with E-state index in [1.54, 1.807) is 0 Å². The average Bonchev–Trinajstić information content (AvgIpc) is 2.15. The first-order valence-corrected chi connectivity index (χ1v) is 7.30. The fourth-order valence-electron chi connectivity index (χ4n) is 2.23. The standard InChI is InChI=1S/2C8H14.ClH.In.3H/c2*1-2-4-6-8-7-5-3-1;;;;;/h2*1-2H,3-8H2;1H;;;;/b2*2-1-;;;;;. The molecule has 0 aromatic heterocycles. The van der Waals surface area contributed by atoms with Gasteiger partial charge >= 0.3 is 25.8 Å². The van der Waals surface area contributed by atoms with Crippen LogP contribution in [0.5, 0.6) is 0 Å². The van der Waals surface area contributed by atoms with Crippen LogP contribution in [-0.4, -0.2) is 25.8 Å². The molecule has 0 N–H and O–H groups in total. The minimum absolute atomic E-state index is 0. The van der Waals surface area contributed by atoms with Crippen molar-refractivity contribution < 1.29 is 0 Å². The first-order valence-electron chi connectivity index (χ1n) is 7.30. The van der Waals surface area contributed by atoms with Gasteiger partial charge < -0.3 is 0 Å². The summed E-state index contributed by atoms with van der Waals surface area (Å²) in [7, 11) is 0. The molecule has 0 saturated carbocycles. The second-order valence-corrected chi connectivity index (χ2v) is 4.93. The van der Waals surface area contributed by atoms with Gasteiger partial charge in [-0.1, -0.05) is 50.0 Å². The zero-order valence-electron chi connectivity index (χ0n) is 11.2. The molecule has 0 nitrogen and oxygen atoms in total. The topological polar surface area (TPSA) is 0 Å². The van der Waals surface area contributed by atoms with Crippen LogP contribution in [0.1, 0.15) is 77.0 Å². The second kappa shape index (κ2) is 17.6. The van der Waals surface area contributed by atoms with Gasteiger partial charge in [0.05, 0.1) is 0 Å². The van der Waals surface area contributed by atoms with Gasteiger partial charge in [0.25, 0.3) is 0 Å². The molecule has 0 spiro atoms. The van der Waals surface area contributed by atoms with Crippen LogP contribution < -0.4 is 0 Å². The van der Waals surface area contributed by atoms with Gasteiger partial charge in [0.2, 0.25) is 0 Å². The maximum absolute atomic E-state index is 2.32. The number of hydrogen-bond acceptors (Lipinski definition) is 0. The second-order valence-electron chi connectivity index (χ2n) is 4.93. The Balaban J connectivity index is 0. The third-order valence-corrected chi connectivity index (χ3v) is 3.32. The molecule has 0 aromatic rings. The maximum atomic E-state index is 2.32. The Labute approximate surface area is 139 Å². The third-order valence-electron chi connectivity index (χ3n) is 3.32. The number of rotatable bonds is 0. The van der Waals surface area contributed by atoms with Crippen molar-refractivity contribution in [2.24, 2.45) is 0 Å². The number of allylic oxidation sites excluding steroid dienone is 4. The van der Waals surface area contributed by atoms with Crippen LogP contribution in [0.25, 0.3) is 0 Å². The molecule has 0 atom stereocenters. The quantitative estimate of drug-likeness (QED) is 0.522. The van der Waals surface area contributed by atoms with E-state index in [9.17, 15) is 0 Å². The van der Waals surface area contributed by atoms with E-state index < -0.39 is 0 Å². The molecule has 2 heteroatoms. The molecule has 0 unspecified atom stereocenters. The van der Waals surface area contributed by atoms with E-state index in [-0.39, 0.29) is 38.3 Å². The van der Waals surface area contributed by atoms with E-state index in [0.29, 0.717) is 0 Å². The van der Waals surface area contributed by atoms with Gasteiger partial charge in [-0.15, -0.1) is 12.4 Å². The molecule has 0 fully saturated rings. The first kappa shape index (κ1) is 20.9. The SMILES string of the molecule is C1=C\CCCCCC/1.C1=C\CCCCCC/1.Cl.[InH3]. The van der Waals surface area contributed by atoms with Crippen molar-refractivity contribution in [1.29, 1.82) is 0 Å². The molecule has 0 bridgehead atoms. The average molecular weight is 375 g/mol. The fraction of sp³-hybridized carbons (Fsp3) is 0.750. The van der Waals surface area contributed by atoms with E-state index in [2.05, 4.69) is 24.3 Å². The van der Waals surface area contributed by atoms with Crippen LogP contribution >= 0.6 is 12.4 Å². The molecule has 2 aliphatic carbocycles. The molecule has 0 radical (unpaired) electrons. The summed E-state index contributed by atoms with van der Waals surface area (Å²) in [6, 6.07) is 0. The summed E-state index contributed by atoms with van der Waals surface area (Å²) in [6.45, 7) is 0. The summed E-state index contributed by atoms with van der Waals surface area (Å²) in [5.74, 6) is 0. The number of halogens is 1. The molecule has 106 valence electrons. The summed E-state index contributed by atoms with van der Waals surface area (Å²) in [6.07, 6.45) is 26.0. The van der Waals surface area contributed by atoms with E-state index in [1.165, 1.54) is 77.0 Å². The molecule has 18 heavy (non-hydrogen) atoms. The van der Waals surface area contributed by atoms with E-state index in [4.69, 9.17) is 0 Å². The molecular formula is C16H32ClIn. The Morgan fingerprint density at radius 3 is 0.833 bits per heavy atom. The number of hydrogen-bond donors (Lipinski definition) is 0. The molecule has 2 rings (SSSR count). The van der Waals surface area contributed by atoms with Crippen LogP contribution in [0.2, 0.25) is 0 Å². The summed E-state index contributed by atoms with van der Waals surface area (Å²) in [4.78, 5) is 0. The third kappa shape index (κ3) is 14.7. The fourth-order valence-corrected chi connectivity index (χ4v) is 2.23. The van der Waals surface area contributed by atoms with Gasteiger partial charge in [-0.3, -0.25) is 0 Å². The van der Waals surface area contributed by atoms with Gasteiger partial charge in [-0.2, -0.15) is 0 Å². The Hall–Kier alpha value is 0.640.